The molecule has 0 bridgehead atoms. The van der Waals surface area contributed by atoms with Crippen molar-refractivity contribution in [2.45, 2.75) is 6.42 Å². The minimum absolute atomic E-state index is 0.0168. The summed E-state index contributed by atoms with van der Waals surface area (Å²) in [7, 11) is 0. The van der Waals surface area contributed by atoms with E-state index in [1.807, 2.05) is 30.3 Å². The third kappa shape index (κ3) is 6.23. The van der Waals surface area contributed by atoms with Crippen LogP contribution >= 0.6 is 0 Å². The number of fused-ring (bicyclic) bond motifs is 1. The summed E-state index contributed by atoms with van der Waals surface area (Å²) in [6, 6.07) is 20.5. The Morgan fingerprint density at radius 3 is 2.63 bits per heavy atom. The SMILES string of the molecule is O=C(/C=C/c1ccc([N+](=O)[O-])cc1)Nc1ccc2c(c1)OCC(=O)N2CCCOc1ccccc1. The van der Waals surface area contributed by atoms with Crippen LogP contribution in [0.25, 0.3) is 6.08 Å². The van der Waals surface area contributed by atoms with Gasteiger partial charge in [-0.3, -0.25) is 19.7 Å². The van der Waals surface area contributed by atoms with Crippen molar-refractivity contribution in [1.82, 2.24) is 0 Å². The molecule has 0 spiro atoms. The van der Waals surface area contributed by atoms with E-state index >= 15 is 0 Å². The molecule has 3 aromatic rings. The second kappa shape index (κ2) is 11.0. The number of hydrogen-bond donors (Lipinski definition) is 1. The van der Waals surface area contributed by atoms with Crippen LogP contribution in [-0.4, -0.2) is 36.5 Å². The fourth-order valence-corrected chi connectivity index (χ4v) is 3.52. The summed E-state index contributed by atoms with van der Waals surface area (Å²) in [5, 5.41) is 13.5. The van der Waals surface area contributed by atoms with Crippen LogP contribution in [0.15, 0.2) is 78.9 Å². The van der Waals surface area contributed by atoms with Gasteiger partial charge in [0.15, 0.2) is 6.61 Å². The number of anilines is 2. The fraction of sp³-hybridized carbons (Fsp3) is 0.154. The minimum atomic E-state index is -0.481. The van der Waals surface area contributed by atoms with Gasteiger partial charge in [0.2, 0.25) is 5.91 Å². The Kier molecular flexibility index (Phi) is 7.37. The summed E-state index contributed by atoms with van der Waals surface area (Å²) in [6.07, 6.45) is 3.54. The van der Waals surface area contributed by atoms with Gasteiger partial charge in [0.1, 0.15) is 11.5 Å². The number of benzene rings is 3. The molecule has 1 aliphatic rings. The highest BCUT2D eigenvalue weighted by atomic mass is 16.6. The van der Waals surface area contributed by atoms with Gasteiger partial charge in [0.25, 0.3) is 11.6 Å². The zero-order valence-corrected chi connectivity index (χ0v) is 18.8. The van der Waals surface area contributed by atoms with E-state index in [2.05, 4.69) is 5.32 Å². The topological polar surface area (TPSA) is 111 Å². The Hall–Kier alpha value is -4.66. The monoisotopic (exact) mass is 473 g/mol. The highest BCUT2D eigenvalue weighted by Crippen LogP contribution is 2.34. The van der Waals surface area contributed by atoms with Gasteiger partial charge in [0, 0.05) is 36.5 Å². The van der Waals surface area contributed by atoms with Crippen molar-refractivity contribution in [3.63, 3.8) is 0 Å². The third-order valence-electron chi connectivity index (χ3n) is 5.24. The van der Waals surface area contributed by atoms with Crippen LogP contribution in [-0.2, 0) is 9.59 Å². The first-order valence-corrected chi connectivity index (χ1v) is 11.0. The lowest BCUT2D eigenvalue weighted by molar-refractivity contribution is -0.384. The number of para-hydroxylation sites is 1. The standard InChI is InChI=1S/C26H23N3O6/c30-25(14-9-19-7-11-21(12-8-19)29(32)33)27-20-10-13-23-24(17-20)35-18-26(31)28(23)15-4-16-34-22-5-2-1-3-6-22/h1-3,5-14,17H,4,15-16,18H2,(H,27,30)/b14-9+. The normalized spacial score (nSPS) is 12.7. The number of rotatable bonds is 9. The predicted octanol–water partition coefficient (Wildman–Crippen LogP) is 4.44. The fourth-order valence-electron chi connectivity index (χ4n) is 3.52. The van der Waals surface area contributed by atoms with Gasteiger partial charge in [-0.05, 0) is 54.5 Å². The molecule has 0 aromatic heterocycles. The molecule has 0 unspecified atom stereocenters. The lowest BCUT2D eigenvalue weighted by atomic mass is 10.2. The molecule has 0 aliphatic carbocycles. The maximum Gasteiger partial charge on any atom is 0.269 e. The van der Waals surface area contributed by atoms with Crippen LogP contribution in [0.4, 0.5) is 17.1 Å². The van der Waals surface area contributed by atoms with Gasteiger partial charge in [-0.1, -0.05) is 18.2 Å². The summed E-state index contributed by atoms with van der Waals surface area (Å²) in [4.78, 5) is 36.6. The smallest absolute Gasteiger partial charge is 0.269 e. The molecule has 9 heteroatoms. The van der Waals surface area contributed by atoms with Crippen LogP contribution in [0.3, 0.4) is 0 Å². The third-order valence-corrected chi connectivity index (χ3v) is 5.24. The van der Waals surface area contributed by atoms with Gasteiger partial charge in [0.05, 0.1) is 17.2 Å². The maximum absolute atomic E-state index is 12.4. The number of nitro benzene ring substituents is 1. The van der Waals surface area contributed by atoms with E-state index < -0.39 is 4.92 Å². The molecule has 0 fully saturated rings. The van der Waals surface area contributed by atoms with E-state index in [9.17, 15) is 19.7 Å². The molecular formula is C26H23N3O6. The van der Waals surface area contributed by atoms with Crippen molar-refractivity contribution < 1.29 is 24.0 Å². The molecule has 1 heterocycles. The summed E-state index contributed by atoms with van der Waals surface area (Å²) >= 11 is 0. The number of amides is 2. The van der Waals surface area contributed by atoms with Crippen molar-refractivity contribution in [3.05, 3.63) is 94.6 Å². The number of carbonyl (C=O) groups is 2. The molecule has 0 saturated heterocycles. The highest BCUT2D eigenvalue weighted by Gasteiger charge is 2.25. The van der Waals surface area contributed by atoms with Crippen LogP contribution < -0.4 is 19.7 Å². The van der Waals surface area contributed by atoms with Crippen LogP contribution in [0.1, 0.15) is 12.0 Å². The molecular weight excluding hydrogens is 450 g/mol. The average Bonchev–Trinajstić information content (AvgIpc) is 2.87. The number of ether oxygens (including phenoxy) is 2. The Labute approximate surface area is 201 Å². The summed E-state index contributed by atoms with van der Waals surface area (Å²) in [6.45, 7) is 0.870. The molecule has 1 N–H and O–H groups in total. The predicted molar refractivity (Wildman–Crippen MR) is 132 cm³/mol. The van der Waals surface area contributed by atoms with Crippen LogP contribution in [0.5, 0.6) is 11.5 Å². The quantitative estimate of drug-likeness (QED) is 0.213. The number of non-ortho nitro benzene ring substituents is 1. The van der Waals surface area contributed by atoms with E-state index in [0.29, 0.717) is 42.3 Å². The molecule has 178 valence electrons. The van der Waals surface area contributed by atoms with Gasteiger partial charge in [-0.2, -0.15) is 0 Å². The zero-order valence-electron chi connectivity index (χ0n) is 18.8. The van der Waals surface area contributed by atoms with Crippen molar-refractivity contribution in [2.75, 3.05) is 30.0 Å². The summed E-state index contributed by atoms with van der Waals surface area (Å²) in [5.74, 6) is 0.778. The van der Waals surface area contributed by atoms with Crippen molar-refractivity contribution >= 4 is 35.0 Å². The second-order valence-electron chi connectivity index (χ2n) is 7.70. The lowest BCUT2D eigenvalue weighted by Gasteiger charge is -2.29. The molecule has 2 amide bonds. The second-order valence-corrected chi connectivity index (χ2v) is 7.70. The number of nitrogens with zero attached hydrogens (tertiary/aromatic N) is 2. The van der Waals surface area contributed by atoms with Gasteiger partial charge in [-0.25, -0.2) is 0 Å². The molecule has 0 atom stereocenters. The van der Waals surface area contributed by atoms with E-state index in [0.717, 1.165) is 5.75 Å². The largest absolute Gasteiger partial charge is 0.494 e. The Morgan fingerprint density at radius 2 is 1.89 bits per heavy atom. The Morgan fingerprint density at radius 1 is 1.11 bits per heavy atom. The molecule has 0 radical (unpaired) electrons. The van der Waals surface area contributed by atoms with Gasteiger partial charge in [-0.15, -0.1) is 0 Å². The molecule has 0 saturated carbocycles. The molecule has 4 rings (SSSR count). The molecule has 35 heavy (non-hydrogen) atoms. The van der Waals surface area contributed by atoms with Crippen molar-refractivity contribution in [3.8, 4) is 11.5 Å². The van der Waals surface area contributed by atoms with E-state index in [1.165, 1.54) is 18.2 Å². The summed E-state index contributed by atoms with van der Waals surface area (Å²) < 4.78 is 11.3. The highest BCUT2D eigenvalue weighted by molar-refractivity contribution is 6.03. The van der Waals surface area contributed by atoms with Crippen LogP contribution in [0.2, 0.25) is 0 Å². The van der Waals surface area contributed by atoms with E-state index in [4.69, 9.17) is 9.47 Å². The summed E-state index contributed by atoms with van der Waals surface area (Å²) in [5.41, 5.74) is 1.80. The average molecular weight is 473 g/mol. The first-order chi connectivity index (χ1) is 17.0. The number of nitrogens with one attached hydrogen (secondary N) is 1. The van der Waals surface area contributed by atoms with Crippen LogP contribution in [0, 0.1) is 10.1 Å². The molecule has 9 nitrogen and oxygen atoms in total. The van der Waals surface area contributed by atoms with Gasteiger partial charge < -0.3 is 19.7 Å². The first-order valence-electron chi connectivity index (χ1n) is 11.0. The Balaban J connectivity index is 1.34. The number of hydrogen-bond acceptors (Lipinski definition) is 6. The first kappa shape index (κ1) is 23.5. The van der Waals surface area contributed by atoms with Gasteiger partial charge >= 0.3 is 0 Å². The Bertz CT molecular complexity index is 1240. The lowest BCUT2D eigenvalue weighted by Crippen LogP contribution is -2.39. The molecule has 1 aliphatic heterocycles. The van der Waals surface area contributed by atoms with E-state index in [-0.39, 0.29) is 24.1 Å². The maximum atomic E-state index is 12.4. The zero-order chi connectivity index (χ0) is 24.6. The minimum Gasteiger partial charge on any atom is -0.494 e. The van der Waals surface area contributed by atoms with Crippen molar-refractivity contribution in [2.24, 2.45) is 0 Å². The number of carbonyl (C=O) groups excluding carboxylic acids is 2. The number of nitro groups is 1. The van der Waals surface area contributed by atoms with Crippen molar-refractivity contribution in [1.29, 1.82) is 0 Å². The molecule has 3 aromatic carbocycles. The van der Waals surface area contributed by atoms with E-state index in [1.54, 1.807) is 41.3 Å².